The SMILES string of the molecule is CC(C)c1ncc(Cl)c(Cl)n1. The van der Waals surface area contributed by atoms with Crippen molar-refractivity contribution in [3.63, 3.8) is 0 Å². The van der Waals surface area contributed by atoms with Crippen LogP contribution < -0.4 is 0 Å². The van der Waals surface area contributed by atoms with Crippen molar-refractivity contribution in [2.24, 2.45) is 0 Å². The first-order chi connectivity index (χ1) is 5.11. The maximum Gasteiger partial charge on any atom is 0.151 e. The Kier molecular flexibility index (Phi) is 2.68. The summed E-state index contributed by atoms with van der Waals surface area (Å²) in [6, 6.07) is 0. The van der Waals surface area contributed by atoms with E-state index in [0.717, 1.165) is 5.82 Å². The Morgan fingerprint density at radius 1 is 1.36 bits per heavy atom. The Bertz CT molecular complexity index is 261. The molecular weight excluding hydrogens is 183 g/mol. The molecule has 1 rings (SSSR count). The number of rotatable bonds is 1. The van der Waals surface area contributed by atoms with Gasteiger partial charge in [0.2, 0.25) is 0 Å². The molecule has 0 radical (unpaired) electrons. The number of nitrogens with zero attached hydrogens (tertiary/aromatic N) is 2. The zero-order valence-electron chi connectivity index (χ0n) is 6.31. The smallest absolute Gasteiger partial charge is 0.151 e. The number of hydrogen-bond donors (Lipinski definition) is 0. The molecule has 0 atom stereocenters. The molecule has 0 aromatic carbocycles. The fourth-order valence-corrected chi connectivity index (χ4v) is 0.864. The van der Waals surface area contributed by atoms with Crippen molar-refractivity contribution in [3.05, 3.63) is 22.2 Å². The summed E-state index contributed by atoms with van der Waals surface area (Å²) in [5.41, 5.74) is 0. The molecule has 0 saturated carbocycles. The highest BCUT2D eigenvalue weighted by molar-refractivity contribution is 6.41. The van der Waals surface area contributed by atoms with Gasteiger partial charge in [0.25, 0.3) is 0 Å². The Morgan fingerprint density at radius 2 is 2.00 bits per heavy atom. The minimum Gasteiger partial charge on any atom is -0.239 e. The second kappa shape index (κ2) is 3.37. The second-order valence-corrected chi connectivity index (χ2v) is 3.29. The van der Waals surface area contributed by atoms with Crippen molar-refractivity contribution in [2.75, 3.05) is 0 Å². The van der Waals surface area contributed by atoms with Crippen LogP contribution in [-0.2, 0) is 0 Å². The normalized spacial score (nSPS) is 10.6. The molecular formula is C7H8Cl2N2. The van der Waals surface area contributed by atoms with Gasteiger partial charge in [0.05, 0.1) is 11.2 Å². The highest BCUT2D eigenvalue weighted by Crippen LogP contribution is 2.19. The maximum atomic E-state index is 5.67. The first kappa shape index (κ1) is 8.75. The molecule has 0 aliphatic rings. The van der Waals surface area contributed by atoms with Crippen LogP contribution >= 0.6 is 23.2 Å². The van der Waals surface area contributed by atoms with Crippen LogP contribution in [0.25, 0.3) is 0 Å². The Balaban J connectivity index is 3.05. The van der Waals surface area contributed by atoms with Gasteiger partial charge in [0.15, 0.2) is 5.15 Å². The van der Waals surface area contributed by atoms with Crippen molar-refractivity contribution in [1.29, 1.82) is 0 Å². The van der Waals surface area contributed by atoms with E-state index in [1.54, 1.807) is 0 Å². The Hall–Kier alpha value is -0.340. The zero-order chi connectivity index (χ0) is 8.43. The van der Waals surface area contributed by atoms with Crippen molar-refractivity contribution >= 4 is 23.2 Å². The van der Waals surface area contributed by atoms with Gasteiger partial charge in [-0.3, -0.25) is 0 Å². The summed E-state index contributed by atoms with van der Waals surface area (Å²) in [5, 5.41) is 0.724. The number of hydrogen-bond acceptors (Lipinski definition) is 2. The molecule has 0 saturated heterocycles. The molecule has 4 heteroatoms. The lowest BCUT2D eigenvalue weighted by Crippen LogP contribution is -1.96. The first-order valence-corrected chi connectivity index (χ1v) is 4.04. The molecule has 0 fully saturated rings. The molecule has 0 N–H and O–H groups in total. The van der Waals surface area contributed by atoms with Crippen LogP contribution in [-0.4, -0.2) is 9.97 Å². The summed E-state index contributed by atoms with van der Waals surface area (Å²) in [5.74, 6) is 1.00. The summed E-state index contributed by atoms with van der Waals surface area (Å²) < 4.78 is 0. The van der Waals surface area contributed by atoms with E-state index in [9.17, 15) is 0 Å². The van der Waals surface area contributed by atoms with Crippen LogP contribution in [0.2, 0.25) is 10.2 Å². The molecule has 0 bridgehead atoms. The predicted molar refractivity (Wildman–Crippen MR) is 46.1 cm³/mol. The van der Waals surface area contributed by atoms with Gasteiger partial charge in [0.1, 0.15) is 5.82 Å². The van der Waals surface area contributed by atoms with E-state index in [2.05, 4.69) is 9.97 Å². The van der Waals surface area contributed by atoms with Gasteiger partial charge in [-0.1, -0.05) is 37.0 Å². The molecule has 0 aliphatic carbocycles. The number of aromatic nitrogens is 2. The summed E-state index contributed by atoms with van der Waals surface area (Å²) in [4.78, 5) is 8.01. The maximum absolute atomic E-state index is 5.67. The van der Waals surface area contributed by atoms with E-state index >= 15 is 0 Å². The molecule has 0 aliphatic heterocycles. The molecule has 1 aromatic heterocycles. The molecule has 2 nitrogen and oxygen atoms in total. The van der Waals surface area contributed by atoms with Crippen molar-refractivity contribution in [2.45, 2.75) is 19.8 Å². The average molecular weight is 191 g/mol. The van der Waals surface area contributed by atoms with Gasteiger partial charge in [-0.2, -0.15) is 0 Å². The van der Waals surface area contributed by atoms with E-state index in [1.807, 2.05) is 13.8 Å². The molecule has 1 aromatic rings. The molecule has 11 heavy (non-hydrogen) atoms. The first-order valence-electron chi connectivity index (χ1n) is 3.29. The van der Waals surface area contributed by atoms with Gasteiger partial charge < -0.3 is 0 Å². The quantitative estimate of drug-likeness (QED) is 0.637. The molecule has 60 valence electrons. The van der Waals surface area contributed by atoms with Gasteiger partial charge >= 0.3 is 0 Å². The van der Waals surface area contributed by atoms with Gasteiger partial charge in [0, 0.05) is 5.92 Å². The van der Waals surface area contributed by atoms with Crippen molar-refractivity contribution in [1.82, 2.24) is 9.97 Å². The van der Waals surface area contributed by atoms with Crippen molar-refractivity contribution in [3.8, 4) is 0 Å². The van der Waals surface area contributed by atoms with Crippen LogP contribution in [0, 0.1) is 0 Å². The highest BCUT2D eigenvalue weighted by atomic mass is 35.5. The monoisotopic (exact) mass is 190 g/mol. The molecule has 0 amide bonds. The highest BCUT2D eigenvalue weighted by Gasteiger charge is 2.05. The average Bonchev–Trinajstić information content (AvgIpc) is 1.94. The third kappa shape index (κ3) is 2.04. The largest absolute Gasteiger partial charge is 0.239 e. The van der Waals surface area contributed by atoms with Crippen LogP contribution in [0.4, 0.5) is 0 Å². The molecule has 0 spiro atoms. The third-order valence-electron chi connectivity index (χ3n) is 1.24. The lowest BCUT2D eigenvalue weighted by atomic mass is 10.2. The van der Waals surface area contributed by atoms with Gasteiger partial charge in [-0.05, 0) is 0 Å². The zero-order valence-corrected chi connectivity index (χ0v) is 7.82. The summed E-state index contributed by atoms with van der Waals surface area (Å²) in [7, 11) is 0. The van der Waals surface area contributed by atoms with Crippen LogP contribution in [0.15, 0.2) is 6.20 Å². The van der Waals surface area contributed by atoms with Crippen molar-refractivity contribution < 1.29 is 0 Å². The second-order valence-electron chi connectivity index (χ2n) is 2.52. The third-order valence-corrected chi connectivity index (χ3v) is 1.90. The van der Waals surface area contributed by atoms with Gasteiger partial charge in [-0.25, -0.2) is 9.97 Å². The predicted octanol–water partition coefficient (Wildman–Crippen LogP) is 2.91. The Morgan fingerprint density at radius 3 is 2.45 bits per heavy atom. The van der Waals surface area contributed by atoms with Gasteiger partial charge in [-0.15, -0.1) is 0 Å². The number of halogens is 2. The van der Waals surface area contributed by atoms with Crippen LogP contribution in [0.1, 0.15) is 25.6 Å². The summed E-state index contributed by atoms with van der Waals surface area (Å²) in [6.45, 7) is 4.00. The summed E-state index contributed by atoms with van der Waals surface area (Å²) >= 11 is 11.3. The standard InChI is InChI=1S/C7H8Cl2N2/c1-4(2)7-10-3-5(8)6(9)11-7/h3-4H,1-2H3. The van der Waals surface area contributed by atoms with E-state index in [0.29, 0.717) is 10.2 Å². The minimum absolute atomic E-state index is 0.282. The fraction of sp³-hybridized carbons (Fsp3) is 0.429. The molecule has 1 heterocycles. The topological polar surface area (TPSA) is 25.8 Å². The lowest BCUT2D eigenvalue weighted by Gasteiger charge is -2.02. The van der Waals surface area contributed by atoms with Crippen LogP contribution in [0.3, 0.4) is 0 Å². The van der Waals surface area contributed by atoms with E-state index in [1.165, 1.54) is 6.20 Å². The summed E-state index contributed by atoms with van der Waals surface area (Å²) in [6.07, 6.45) is 1.52. The Labute approximate surface area is 75.6 Å². The van der Waals surface area contributed by atoms with E-state index in [4.69, 9.17) is 23.2 Å². The van der Waals surface area contributed by atoms with Crippen LogP contribution in [0.5, 0.6) is 0 Å². The lowest BCUT2D eigenvalue weighted by molar-refractivity contribution is 0.774. The molecule has 0 unspecified atom stereocenters. The minimum atomic E-state index is 0.282. The van der Waals surface area contributed by atoms with E-state index in [-0.39, 0.29) is 5.92 Å². The fourth-order valence-electron chi connectivity index (χ4n) is 0.637. The van der Waals surface area contributed by atoms with E-state index < -0.39 is 0 Å².